The van der Waals surface area contributed by atoms with Crippen LogP contribution in [0, 0.1) is 0 Å². The van der Waals surface area contributed by atoms with Gasteiger partial charge in [0.2, 0.25) is 47.3 Å². The van der Waals surface area contributed by atoms with Crippen LogP contribution in [0.15, 0.2) is 121 Å². The summed E-state index contributed by atoms with van der Waals surface area (Å²) in [4.78, 5) is 114. The third-order valence-corrected chi connectivity index (χ3v) is 12.8. The zero-order valence-electron chi connectivity index (χ0n) is 42.3. The minimum Gasteiger partial charge on any atom is -0.391 e. The molecule has 0 bridgehead atoms. The quantitative estimate of drug-likeness (QED) is 0.0233. The van der Waals surface area contributed by atoms with Crippen LogP contribution in [0.2, 0.25) is 0 Å². The molecule has 0 aliphatic carbocycles. The fourth-order valence-corrected chi connectivity index (χ4v) is 8.69. The number of thiol groups is 1. The van der Waals surface area contributed by atoms with Gasteiger partial charge in [-0.3, -0.25) is 38.4 Å². The molecule has 5 rings (SSSR count). The van der Waals surface area contributed by atoms with E-state index in [1.807, 2.05) is 42.5 Å². The number of aromatic nitrogens is 1. The van der Waals surface area contributed by atoms with Gasteiger partial charge in [-0.1, -0.05) is 109 Å². The number of nitrogens with one attached hydrogen (secondary N) is 8. The molecule has 4 aromatic carbocycles. The summed E-state index contributed by atoms with van der Waals surface area (Å²) >= 11 is 4.19. The molecular weight excluding hydrogens is 977 g/mol. The standard InChI is InChI=1S/C55H70N10O9S/c1-34(66)48(55(74)64-46(31-38-21-10-5-11-22-38)52(71)60-42(49(57)68)26-16-28-75)65-50(69)43(25-14-15-27-56)61-54(73)47(32-39-33-58-41-24-13-12-23-40(39)41)63-53(72)45(30-37-19-8-4-9-20-37)62-51(70)44(59-35(2)67)29-36-17-6-3-7-18-36/h3-13,17-24,33-34,42-48,58,66,75H,14-16,25-32,56H2,1-2H3,(H2,57,68)(H,59,67)(H,60,71)(H,61,73)(H,62,70)(H,63,72)(H,64,74)(H,65,69)/t34-,42+,43+,44+,45+,46+,47-,48+/m1/s1. The molecule has 13 N–H and O–H groups in total. The summed E-state index contributed by atoms with van der Waals surface area (Å²) in [7, 11) is 0. The van der Waals surface area contributed by atoms with Gasteiger partial charge in [0.05, 0.1) is 6.10 Å². The second kappa shape index (κ2) is 30.0. The molecule has 0 fully saturated rings. The molecule has 0 radical (unpaired) electrons. The lowest BCUT2D eigenvalue weighted by Gasteiger charge is -2.29. The van der Waals surface area contributed by atoms with Crippen molar-refractivity contribution in [3.8, 4) is 0 Å². The smallest absolute Gasteiger partial charge is 0.245 e. The zero-order valence-corrected chi connectivity index (χ0v) is 43.2. The topological polar surface area (TPSA) is 309 Å². The highest BCUT2D eigenvalue weighted by atomic mass is 32.1. The van der Waals surface area contributed by atoms with Crippen molar-refractivity contribution in [2.24, 2.45) is 11.5 Å². The number of rotatable bonds is 30. The Bertz CT molecular complexity index is 2670. The lowest BCUT2D eigenvalue weighted by Crippen LogP contribution is -2.62. The number of carbonyl (C=O) groups is 8. The van der Waals surface area contributed by atoms with Gasteiger partial charge in [0, 0.05) is 49.7 Å². The molecule has 19 nitrogen and oxygen atoms in total. The van der Waals surface area contributed by atoms with Crippen LogP contribution in [-0.2, 0) is 64.0 Å². The SMILES string of the molecule is CC(=O)N[C@@H](Cc1ccccc1)C(=O)N[C@@H](Cc1ccccc1)C(=O)N[C@H](Cc1c[nH]c2ccccc12)C(=O)N[C@@H](CCCCN)C(=O)N[C@H](C(=O)N[C@@H](Cc1ccccc1)C(=O)N[C@@H](CCCS)C(N)=O)[C@@H](C)O. The van der Waals surface area contributed by atoms with E-state index in [2.05, 4.69) is 54.8 Å². The molecule has 1 aromatic heterocycles. The van der Waals surface area contributed by atoms with Gasteiger partial charge in [-0.05, 0) is 79.6 Å². The highest BCUT2D eigenvalue weighted by Gasteiger charge is 2.36. The third-order valence-electron chi connectivity index (χ3n) is 12.5. The summed E-state index contributed by atoms with van der Waals surface area (Å²) in [6.45, 7) is 2.83. The van der Waals surface area contributed by atoms with Crippen molar-refractivity contribution in [1.29, 1.82) is 0 Å². The number of carbonyl (C=O) groups excluding carboxylic acids is 8. The number of hydrogen-bond acceptors (Lipinski definition) is 11. The number of fused-ring (bicyclic) bond motifs is 1. The average Bonchev–Trinajstić information content (AvgIpc) is 3.80. The Labute approximate surface area is 442 Å². The number of para-hydroxylation sites is 1. The molecule has 1 heterocycles. The van der Waals surface area contributed by atoms with Gasteiger partial charge in [-0.25, -0.2) is 0 Å². The van der Waals surface area contributed by atoms with E-state index in [9.17, 15) is 43.5 Å². The third kappa shape index (κ3) is 18.7. The van der Waals surface area contributed by atoms with Gasteiger partial charge in [-0.15, -0.1) is 0 Å². The predicted octanol–water partition coefficient (Wildman–Crippen LogP) is 1.56. The number of aliphatic hydroxyl groups is 1. The number of unbranched alkanes of at least 4 members (excludes halogenated alkanes) is 1. The van der Waals surface area contributed by atoms with Gasteiger partial charge >= 0.3 is 0 Å². The van der Waals surface area contributed by atoms with Gasteiger partial charge < -0.3 is 58.8 Å². The van der Waals surface area contributed by atoms with E-state index in [-0.39, 0.29) is 45.1 Å². The Morgan fingerprint density at radius 3 is 1.40 bits per heavy atom. The Balaban J connectivity index is 1.43. The predicted molar refractivity (Wildman–Crippen MR) is 288 cm³/mol. The Kier molecular flexibility index (Phi) is 23.3. The molecule has 5 aromatic rings. The van der Waals surface area contributed by atoms with Crippen LogP contribution in [0.5, 0.6) is 0 Å². The number of primary amides is 1. The van der Waals surface area contributed by atoms with Crippen LogP contribution < -0.4 is 48.7 Å². The second-order valence-corrected chi connectivity index (χ2v) is 18.9. The Morgan fingerprint density at radius 2 is 0.933 bits per heavy atom. The molecule has 0 aliphatic heterocycles. The molecule has 8 atom stereocenters. The highest BCUT2D eigenvalue weighted by Crippen LogP contribution is 2.20. The van der Waals surface area contributed by atoms with Crippen molar-refractivity contribution >= 4 is 70.8 Å². The van der Waals surface area contributed by atoms with Crippen LogP contribution in [-0.4, -0.2) is 118 Å². The lowest BCUT2D eigenvalue weighted by atomic mass is 10.00. The van der Waals surface area contributed by atoms with Crippen LogP contribution in [0.4, 0.5) is 0 Å². The molecule has 0 unspecified atom stereocenters. The van der Waals surface area contributed by atoms with Crippen LogP contribution >= 0.6 is 12.6 Å². The fraction of sp³-hybridized carbons (Fsp3) is 0.382. The van der Waals surface area contributed by atoms with Gasteiger partial charge in [0.25, 0.3) is 0 Å². The fourth-order valence-electron chi connectivity index (χ4n) is 8.50. The maximum Gasteiger partial charge on any atom is 0.245 e. The van der Waals surface area contributed by atoms with Crippen LogP contribution in [0.25, 0.3) is 10.9 Å². The van der Waals surface area contributed by atoms with E-state index in [1.165, 1.54) is 13.8 Å². The molecule has 8 amide bonds. The average molecular weight is 1050 g/mol. The van der Waals surface area contributed by atoms with Crippen molar-refractivity contribution in [3.63, 3.8) is 0 Å². The van der Waals surface area contributed by atoms with E-state index in [0.717, 1.165) is 16.5 Å². The molecule has 0 spiro atoms. The number of nitrogens with two attached hydrogens (primary N) is 2. The summed E-state index contributed by atoms with van der Waals surface area (Å²) in [5.41, 5.74) is 15.0. The second-order valence-electron chi connectivity index (χ2n) is 18.5. The first kappa shape index (κ1) is 58.3. The van der Waals surface area contributed by atoms with Crippen molar-refractivity contribution in [2.75, 3.05) is 12.3 Å². The van der Waals surface area contributed by atoms with E-state index in [0.29, 0.717) is 41.7 Å². The number of H-pyrrole nitrogens is 1. The normalized spacial score (nSPS) is 14.3. The lowest BCUT2D eigenvalue weighted by molar-refractivity contribution is -0.137. The minimum absolute atomic E-state index is 0.000532. The molecule has 0 saturated carbocycles. The molecule has 20 heteroatoms. The Hall–Kier alpha value is -7.55. The first-order valence-corrected chi connectivity index (χ1v) is 25.7. The zero-order chi connectivity index (χ0) is 54.3. The van der Waals surface area contributed by atoms with Crippen molar-refractivity contribution in [1.82, 2.24) is 42.2 Å². The van der Waals surface area contributed by atoms with Crippen molar-refractivity contribution in [3.05, 3.63) is 144 Å². The van der Waals surface area contributed by atoms with Crippen molar-refractivity contribution in [2.45, 2.75) is 120 Å². The van der Waals surface area contributed by atoms with E-state index in [1.54, 1.807) is 79.0 Å². The summed E-state index contributed by atoms with van der Waals surface area (Å²) in [5.74, 6) is -5.49. The molecule has 400 valence electrons. The molecule has 75 heavy (non-hydrogen) atoms. The maximum absolute atomic E-state index is 14.8. The maximum atomic E-state index is 14.8. The van der Waals surface area contributed by atoms with Gasteiger partial charge in [0.1, 0.15) is 42.3 Å². The van der Waals surface area contributed by atoms with Gasteiger partial charge in [-0.2, -0.15) is 12.6 Å². The summed E-state index contributed by atoms with van der Waals surface area (Å²) < 4.78 is 0. The van der Waals surface area contributed by atoms with E-state index >= 15 is 0 Å². The van der Waals surface area contributed by atoms with E-state index in [4.69, 9.17) is 11.5 Å². The molecular formula is C55H70N10O9S. The van der Waals surface area contributed by atoms with Crippen LogP contribution in [0.3, 0.4) is 0 Å². The monoisotopic (exact) mass is 1050 g/mol. The first-order chi connectivity index (χ1) is 36.1. The number of aromatic amines is 1. The number of hydrogen-bond donors (Lipinski definition) is 12. The van der Waals surface area contributed by atoms with Crippen LogP contribution in [0.1, 0.15) is 68.2 Å². The number of aliphatic hydroxyl groups excluding tert-OH is 1. The summed E-state index contributed by atoms with van der Waals surface area (Å²) in [6.07, 6.45) is 1.69. The number of benzene rings is 4. The van der Waals surface area contributed by atoms with Crippen molar-refractivity contribution < 1.29 is 43.5 Å². The molecule has 0 saturated heterocycles. The highest BCUT2D eigenvalue weighted by molar-refractivity contribution is 7.80. The largest absolute Gasteiger partial charge is 0.391 e. The molecule has 0 aliphatic rings. The number of amides is 8. The Morgan fingerprint density at radius 1 is 0.520 bits per heavy atom. The van der Waals surface area contributed by atoms with E-state index < -0.39 is 95.7 Å². The summed E-state index contributed by atoms with van der Waals surface area (Å²) in [5, 5.41) is 30.7. The summed E-state index contributed by atoms with van der Waals surface area (Å²) in [6, 6.07) is 25.1. The van der Waals surface area contributed by atoms with Gasteiger partial charge in [0.15, 0.2) is 0 Å². The first-order valence-electron chi connectivity index (χ1n) is 25.1. The minimum atomic E-state index is -1.65.